The predicted octanol–water partition coefficient (Wildman–Crippen LogP) is 1.40. The van der Waals surface area contributed by atoms with Crippen LogP contribution in [0, 0.1) is 0 Å². The summed E-state index contributed by atoms with van der Waals surface area (Å²) in [5.74, 6) is -0.407. The summed E-state index contributed by atoms with van der Waals surface area (Å²) in [5.41, 5.74) is 0.139. The molecule has 24 heavy (non-hydrogen) atoms. The number of amides is 3. The molecule has 0 fully saturated rings. The molecule has 0 radical (unpaired) electrons. The first kappa shape index (κ1) is 19.5. The van der Waals surface area contributed by atoms with Gasteiger partial charge in [0.05, 0.1) is 12.2 Å². The molecule has 1 aromatic rings. The van der Waals surface area contributed by atoms with Gasteiger partial charge in [-0.05, 0) is 32.9 Å². The molecule has 0 atom stereocenters. The Morgan fingerprint density at radius 2 is 1.79 bits per heavy atom. The SMILES string of the molecule is CC(=O)Nc1ccccc1OCC(=O)N(C)CC(=O)NC(C)(C)C. The molecule has 1 aromatic carbocycles. The van der Waals surface area contributed by atoms with E-state index in [0.717, 1.165) is 0 Å². The van der Waals surface area contributed by atoms with Crippen molar-refractivity contribution in [3.63, 3.8) is 0 Å². The highest BCUT2D eigenvalue weighted by Gasteiger charge is 2.18. The minimum atomic E-state index is -0.352. The Hall–Kier alpha value is -2.57. The van der Waals surface area contributed by atoms with Gasteiger partial charge in [0.1, 0.15) is 5.75 Å². The topological polar surface area (TPSA) is 87.7 Å². The van der Waals surface area contributed by atoms with Crippen molar-refractivity contribution < 1.29 is 19.1 Å². The normalized spacial score (nSPS) is 10.7. The third-order valence-corrected chi connectivity index (χ3v) is 2.87. The summed E-state index contributed by atoms with van der Waals surface area (Å²) in [4.78, 5) is 36.4. The molecule has 0 aliphatic rings. The Labute approximate surface area is 142 Å². The van der Waals surface area contributed by atoms with E-state index < -0.39 is 0 Å². The second kappa shape index (κ2) is 8.33. The fourth-order valence-corrected chi connectivity index (χ4v) is 1.90. The highest BCUT2D eigenvalue weighted by atomic mass is 16.5. The molecule has 132 valence electrons. The van der Waals surface area contributed by atoms with Gasteiger partial charge in [-0.3, -0.25) is 14.4 Å². The van der Waals surface area contributed by atoms with Gasteiger partial charge in [-0.1, -0.05) is 12.1 Å². The van der Waals surface area contributed by atoms with Gasteiger partial charge in [0.2, 0.25) is 11.8 Å². The average molecular weight is 335 g/mol. The van der Waals surface area contributed by atoms with Crippen molar-refractivity contribution in [1.29, 1.82) is 0 Å². The number of nitrogens with zero attached hydrogens (tertiary/aromatic N) is 1. The van der Waals surface area contributed by atoms with Gasteiger partial charge >= 0.3 is 0 Å². The molecule has 7 heteroatoms. The minimum Gasteiger partial charge on any atom is -0.482 e. The Balaban J connectivity index is 2.57. The lowest BCUT2D eigenvalue weighted by Gasteiger charge is -2.23. The van der Waals surface area contributed by atoms with Gasteiger partial charge in [0, 0.05) is 19.5 Å². The monoisotopic (exact) mass is 335 g/mol. The van der Waals surface area contributed by atoms with E-state index >= 15 is 0 Å². The third kappa shape index (κ3) is 7.13. The minimum absolute atomic E-state index is 0.0488. The average Bonchev–Trinajstić information content (AvgIpc) is 2.43. The van der Waals surface area contributed by atoms with Gasteiger partial charge < -0.3 is 20.3 Å². The maximum atomic E-state index is 12.1. The second-order valence-electron chi connectivity index (χ2n) is 6.51. The quantitative estimate of drug-likeness (QED) is 0.822. The number of benzene rings is 1. The number of nitrogens with one attached hydrogen (secondary N) is 2. The summed E-state index contributed by atoms with van der Waals surface area (Å²) < 4.78 is 5.47. The van der Waals surface area contributed by atoms with Crippen molar-refractivity contribution in [3.05, 3.63) is 24.3 Å². The van der Waals surface area contributed by atoms with Crippen molar-refractivity contribution in [3.8, 4) is 5.75 Å². The molecular weight excluding hydrogens is 310 g/mol. The van der Waals surface area contributed by atoms with E-state index in [4.69, 9.17) is 4.74 Å². The van der Waals surface area contributed by atoms with Gasteiger partial charge in [-0.2, -0.15) is 0 Å². The number of rotatable bonds is 6. The van der Waals surface area contributed by atoms with Gasteiger partial charge in [-0.15, -0.1) is 0 Å². The summed E-state index contributed by atoms with van der Waals surface area (Å²) in [5, 5.41) is 5.42. The van der Waals surface area contributed by atoms with Crippen LogP contribution in [-0.2, 0) is 14.4 Å². The number of likely N-dealkylation sites (N-methyl/N-ethyl adjacent to an activating group) is 1. The molecule has 0 aliphatic carbocycles. The van der Waals surface area contributed by atoms with E-state index in [1.807, 2.05) is 20.8 Å². The van der Waals surface area contributed by atoms with Crippen molar-refractivity contribution in [1.82, 2.24) is 10.2 Å². The third-order valence-electron chi connectivity index (χ3n) is 2.87. The first-order valence-corrected chi connectivity index (χ1v) is 7.63. The molecule has 0 aliphatic heterocycles. The van der Waals surface area contributed by atoms with Gasteiger partial charge in [0.15, 0.2) is 6.61 Å². The molecule has 0 aromatic heterocycles. The highest BCUT2D eigenvalue weighted by molar-refractivity contribution is 5.90. The highest BCUT2D eigenvalue weighted by Crippen LogP contribution is 2.23. The van der Waals surface area contributed by atoms with Crippen LogP contribution in [0.15, 0.2) is 24.3 Å². The largest absolute Gasteiger partial charge is 0.482 e. The number of hydrogen-bond donors (Lipinski definition) is 2. The van der Waals surface area contributed by atoms with Crippen molar-refractivity contribution in [2.24, 2.45) is 0 Å². The van der Waals surface area contributed by atoms with Crippen LogP contribution in [0.3, 0.4) is 0 Å². The van der Waals surface area contributed by atoms with Crippen LogP contribution < -0.4 is 15.4 Å². The Morgan fingerprint density at radius 1 is 1.17 bits per heavy atom. The van der Waals surface area contributed by atoms with Crippen LogP contribution in [0.2, 0.25) is 0 Å². The van der Waals surface area contributed by atoms with Crippen LogP contribution in [-0.4, -0.2) is 48.4 Å². The van der Waals surface area contributed by atoms with E-state index in [0.29, 0.717) is 11.4 Å². The number of carbonyl (C=O) groups is 3. The zero-order chi connectivity index (χ0) is 18.3. The van der Waals surface area contributed by atoms with E-state index in [1.165, 1.54) is 18.9 Å². The van der Waals surface area contributed by atoms with Crippen molar-refractivity contribution >= 4 is 23.4 Å². The van der Waals surface area contributed by atoms with Crippen molar-refractivity contribution in [2.75, 3.05) is 25.5 Å². The molecule has 0 spiro atoms. The van der Waals surface area contributed by atoms with Crippen LogP contribution >= 0.6 is 0 Å². The van der Waals surface area contributed by atoms with E-state index in [9.17, 15) is 14.4 Å². The molecule has 0 heterocycles. The maximum Gasteiger partial charge on any atom is 0.260 e. The lowest BCUT2D eigenvalue weighted by Crippen LogP contribution is -2.47. The van der Waals surface area contributed by atoms with Crippen LogP contribution in [0.1, 0.15) is 27.7 Å². The van der Waals surface area contributed by atoms with Crippen molar-refractivity contribution in [2.45, 2.75) is 33.2 Å². The summed E-state index contributed by atoms with van der Waals surface area (Å²) in [6, 6.07) is 6.83. The molecule has 2 N–H and O–H groups in total. The number of carbonyl (C=O) groups excluding carboxylic acids is 3. The van der Waals surface area contributed by atoms with E-state index in [-0.39, 0.29) is 36.4 Å². The fourth-order valence-electron chi connectivity index (χ4n) is 1.90. The molecule has 1 rings (SSSR count). The second-order valence-corrected chi connectivity index (χ2v) is 6.51. The van der Waals surface area contributed by atoms with Crippen LogP contribution in [0.25, 0.3) is 0 Å². The van der Waals surface area contributed by atoms with Gasteiger partial charge in [0.25, 0.3) is 5.91 Å². The zero-order valence-electron chi connectivity index (χ0n) is 14.8. The summed E-state index contributed by atoms with van der Waals surface area (Å²) in [7, 11) is 1.54. The standard InChI is InChI=1S/C17H25N3O4/c1-12(21)18-13-8-6-7-9-14(13)24-11-16(23)20(5)10-15(22)19-17(2,3)4/h6-9H,10-11H2,1-5H3,(H,18,21)(H,19,22). The first-order valence-electron chi connectivity index (χ1n) is 7.63. The van der Waals surface area contributed by atoms with Gasteiger partial charge in [-0.25, -0.2) is 0 Å². The Bertz CT molecular complexity index is 608. The summed E-state index contributed by atoms with van der Waals surface area (Å²) in [6.07, 6.45) is 0. The smallest absolute Gasteiger partial charge is 0.260 e. The lowest BCUT2D eigenvalue weighted by atomic mass is 10.1. The number of ether oxygens (including phenoxy) is 1. The predicted molar refractivity (Wildman–Crippen MR) is 91.8 cm³/mol. The van der Waals surface area contributed by atoms with Crippen LogP contribution in [0.4, 0.5) is 5.69 Å². The summed E-state index contributed by atoms with van der Waals surface area (Å²) in [6.45, 7) is 6.73. The first-order chi connectivity index (χ1) is 11.1. The molecule has 0 bridgehead atoms. The Kier molecular flexibility index (Phi) is 6.76. The Morgan fingerprint density at radius 3 is 2.38 bits per heavy atom. The molecule has 7 nitrogen and oxygen atoms in total. The number of anilines is 1. The molecule has 0 unspecified atom stereocenters. The molecule has 3 amide bonds. The van der Waals surface area contributed by atoms with E-state index in [2.05, 4.69) is 10.6 Å². The molecule has 0 saturated carbocycles. The number of hydrogen-bond acceptors (Lipinski definition) is 4. The molecule has 0 saturated heterocycles. The van der Waals surface area contributed by atoms with Crippen LogP contribution in [0.5, 0.6) is 5.75 Å². The molecular formula is C17H25N3O4. The number of para-hydroxylation sites is 2. The lowest BCUT2D eigenvalue weighted by molar-refractivity contribution is -0.136. The fraction of sp³-hybridized carbons (Fsp3) is 0.471. The zero-order valence-corrected chi connectivity index (χ0v) is 14.8. The summed E-state index contributed by atoms with van der Waals surface area (Å²) >= 11 is 0. The maximum absolute atomic E-state index is 12.1. The van der Waals surface area contributed by atoms with E-state index in [1.54, 1.807) is 24.3 Å².